The van der Waals surface area contributed by atoms with Crippen LogP contribution in [-0.4, -0.2) is 73.5 Å². The van der Waals surface area contributed by atoms with Crippen molar-refractivity contribution in [1.82, 2.24) is 14.7 Å². The summed E-state index contributed by atoms with van der Waals surface area (Å²) in [4.78, 5) is 30.8. The van der Waals surface area contributed by atoms with E-state index in [1.165, 1.54) is 0 Å². The van der Waals surface area contributed by atoms with Gasteiger partial charge in [-0.15, -0.1) is 0 Å². The maximum Gasteiger partial charge on any atom is 0.319 e. The highest BCUT2D eigenvalue weighted by Gasteiger charge is 2.38. The summed E-state index contributed by atoms with van der Waals surface area (Å²) in [6.07, 6.45) is 3.30. The fourth-order valence-electron chi connectivity index (χ4n) is 4.05. The Morgan fingerprint density at radius 2 is 2.00 bits per heavy atom. The molecule has 26 heavy (non-hydrogen) atoms. The van der Waals surface area contributed by atoms with Crippen molar-refractivity contribution in [3.8, 4) is 5.75 Å². The van der Waals surface area contributed by atoms with Crippen LogP contribution in [0.1, 0.15) is 24.8 Å². The highest BCUT2D eigenvalue weighted by molar-refractivity contribution is 5.78. The van der Waals surface area contributed by atoms with Gasteiger partial charge in [0.25, 0.3) is 0 Å². The molecule has 2 atom stereocenters. The summed E-state index contributed by atoms with van der Waals surface area (Å²) in [5.41, 5.74) is 1.11. The molecule has 4 rings (SSSR count). The topological polar surface area (TPSA) is 53.1 Å². The van der Waals surface area contributed by atoms with Crippen LogP contribution in [0.5, 0.6) is 5.75 Å². The first-order valence-corrected chi connectivity index (χ1v) is 9.36. The predicted molar refractivity (Wildman–Crippen MR) is 100 cm³/mol. The number of rotatable bonds is 4. The summed E-state index contributed by atoms with van der Waals surface area (Å²) in [7, 11) is 5.22. The number of piperidine rings is 1. The molecule has 3 saturated heterocycles. The molecule has 0 spiro atoms. The Morgan fingerprint density at radius 1 is 1.19 bits per heavy atom. The average Bonchev–Trinajstić information content (AvgIpc) is 2.97. The fourth-order valence-corrected chi connectivity index (χ4v) is 4.05. The summed E-state index contributed by atoms with van der Waals surface area (Å²) in [6.45, 7) is 2.18. The van der Waals surface area contributed by atoms with E-state index in [-0.39, 0.29) is 18.0 Å². The second-order valence-electron chi connectivity index (χ2n) is 7.58. The number of urea groups is 1. The van der Waals surface area contributed by atoms with E-state index in [4.69, 9.17) is 4.74 Å². The number of benzene rings is 1. The molecule has 1 aromatic carbocycles. The Hall–Kier alpha value is -2.24. The normalized spacial score (nSPS) is 22.1. The molecule has 142 valence electrons. The lowest BCUT2D eigenvalue weighted by Gasteiger charge is -2.36. The molecule has 3 heterocycles. The minimum atomic E-state index is 0.0487. The SMILES string of the molecule is COc1cccc(CCC(=O)N2C[C@@H]3CC[C@H]2CN(C(=O)N(C)C)C3)c1. The third kappa shape index (κ3) is 4.11. The molecule has 3 fully saturated rings. The van der Waals surface area contributed by atoms with Crippen molar-refractivity contribution >= 4 is 11.9 Å². The molecule has 6 nitrogen and oxygen atoms in total. The molecule has 0 aliphatic carbocycles. The van der Waals surface area contributed by atoms with Crippen molar-refractivity contribution in [3.63, 3.8) is 0 Å². The van der Waals surface area contributed by atoms with Crippen LogP contribution >= 0.6 is 0 Å². The van der Waals surface area contributed by atoms with Gasteiger partial charge in [0, 0.05) is 46.2 Å². The minimum absolute atomic E-state index is 0.0487. The number of hydrogen-bond donors (Lipinski definition) is 0. The van der Waals surface area contributed by atoms with Crippen LogP contribution < -0.4 is 4.74 Å². The summed E-state index contributed by atoms with van der Waals surface area (Å²) in [5.74, 6) is 1.40. The van der Waals surface area contributed by atoms with Gasteiger partial charge in [0.05, 0.1) is 7.11 Å². The van der Waals surface area contributed by atoms with E-state index in [0.29, 0.717) is 25.3 Å². The molecule has 3 amide bonds. The van der Waals surface area contributed by atoms with Crippen LogP contribution in [0.25, 0.3) is 0 Å². The molecule has 0 N–H and O–H groups in total. The fraction of sp³-hybridized carbons (Fsp3) is 0.600. The molecule has 3 aliphatic heterocycles. The summed E-state index contributed by atoms with van der Waals surface area (Å²) in [6, 6.07) is 8.08. The minimum Gasteiger partial charge on any atom is -0.497 e. The molecule has 0 unspecified atom stereocenters. The van der Waals surface area contributed by atoms with E-state index in [1.807, 2.05) is 34.1 Å². The van der Waals surface area contributed by atoms with Crippen LogP contribution in [0.15, 0.2) is 24.3 Å². The Balaban J connectivity index is 1.62. The van der Waals surface area contributed by atoms with Crippen molar-refractivity contribution < 1.29 is 14.3 Å². The van der Waals surface area contributed by atoms with Gasteiger partial charge in [-0.05, 0) is 42.9 Å². The van der Waals surface area contributed by atoms with Crippen molar-refractivity contribution in [2.45, 2.75) is 31.7 Å². The summed E-state index contributed by atoms with van der Waals surface area (Å²) in [5, 5.41) is 0. The van der Waals surface area contributed by atoms with Crippen LogP contribution in [-0.2, 0) is 11.2 Å². The number of carbonyl (C=O) groups is 2. The number of nitrogens with zero attached hydrogens (tertiary/aromatic N) is 3. The van der Waals surface area contributed by atoms with E-state index in [9.17, 15) is 9.59 Å². The molecule has 1 aromatic rings. The Kier molecular flexibility index (Phi) is 5.69. The Labute approximate surface area is 155 Å². The molecule has 0 saturated carbocycles. The van der Waals surface area contributed by atoms with Gasteiger partial charge in [-0.2, -0.15) is 0 Å². The van der Waals surface area contributed by atoms with Crippen LogP contribution in [0, 0.1) is 5.92 Å². The van der Waals surface area contributed by atoms with Gasteiger partial charge in [0.15, 0.2) is 0 Å². The first kappa shape index (κ1) is 18.5. The summed E-state index contributed by atoms with van der Waals surface area (Å²) >= 11 is 0. The molecular formula is C20H29N3O3. The zero-order valence-corrected chi connectivity index (χ0v) is 16.0. The van der Waals surface area contributed by atoms with E-state index in [2.05, 4.69) is 0 Å². The third-order valence-electron chi connectivity index (χ3n) is 5.45. The van der Waals surface area contributed by atoms with Gasteiger partial charge >= 0.3 is 6.03 Å². The highest BCUT2D eigenvalue weighted by Crippen LogP contribution is 2.29. The number of carbonyl (C=O) groups excluding carboxylic acids is 2. The second-order valence-corrected chi connectivity index (χ2v) is 7.58. The van der Waals surface area contributed by atoms with E-state index in [1.54, 1.807) is 26.1 Å². The van der Waals surface area contributed by atoms with Crippen LogP contribution in [0.3, 0.4) is 0 Å². The maximum atomic E-state index is 12.9. The van der Waals surface area contributed by atoms with Gasteiger partial charge in [-0.3, -0.25) is 4.79 Å². The lowest BCUT2D eigenvalue weighted by Crippen LogP contribution is -2.48. The maximum absolute atomic E-state index is 12.9. The predicted octanol–water partition coefficient (Wildman–Crippen LogP) is 2.23. The van der Waals surface area contributed by atoms with Crippen LogP contribution in [0.2, 0.25) is 0 Å². The molecule has 6 heteroatoms. The average molecular weight is 359 g/mol. The van der Waals surface area contributed by atoms with Gasteiger partial charge < -0.3 is 19.4 Å². The van der Waals surface area contributed by atoms with Crippen LogP contribution in [0.4, 0.5) is 4.79 Å². The monoisotopic (exact) mass is 359 g/mol. The van der Waals surface area contributed by atoms with Crippen molar-refractivity contribution in [1.29, 1.82) is 0 Å². The Bertz CT molecular complexity index is 661. The largest absolute Gasteiger partial charge is 0.497 e. The smallest absolute Gasteiger partial charge is 0.319 e. The quantitative estimate of drug-likeness (QED) is 0.828. The number of hydrogen-bond acceptors (Lipinski definition) is 3. The number of amides is 3. The van der Waals surface area contributed by atoms with Gasteiger partial charge in [0.1, 0.15) is 5.75 Å². The lowest BCUT2D eigenvalue weighted by atomic mass is 9.94. The second kappa shape index (κ2) is 7.98. The van der Waals surface area contributed by atoms with E-state index in [0.717, 1.165) is 37.2 Å². The first-order chi connectivity index (χ1) is 12.5. The first-order valence-electron chi connectivity index (χ1n) is 9.36. The molecule has 2 bridgehead atoms. The standard InChI is InChI=1S/C20H29N3O3/c1-21(2)20(25)22-12-16-7-9-17(14-22)23(13-16)19(24)10-8-15-5-4-6-18(11-15)26-3/h4-6,11,16-17H,7-10,12-14H2,1-3H3/t16-,17+/m1/s1. The lowest BCUT2D eigenvalue weighted by molar-refractivity contribution is -0.135. The molecule has 3 aliphatic rings. The van der Waals surface area contributed by atoms with E-state index < -0.39 is 0 Å². The molecular weight excluding hydrogens is 330 g/mol. The zero-order valence-electron chi connectivity index (χ0n) is 16.0. The number of ether oxygens (including phenoxy) is 1. The molecule has 0 aromatic heterocycles. The highest BCUT2D eigenvalue weighted by atomic mass is 16.5. The number of fused-ring (bicyclic) bond motifs is 4. The number of aryl methyl sites for hydroxylation is 1. The van der Waals surface area contributed by atoms with Crippen molar-refractivity contribution in [3.05, 3.63) is 29.8 Å². The van der Waals surface area contributed by atoms with Gasteiger partial charge in [-0.1, -0.05) is 12.1 Å². The van der Waals surface area contributed by atoms with Gasteiger partial charge in [-0.25, -0.2) is 4.79 Å². The number of methoxy groups -OCH3 is 1. The Morgan fingerprint density at radius 3 is 2.73 bits per heavy atom. The molecule has 0 radical (unpaired) electrons. The van der Waals surface area contributed by atoms with E-state index >= 15 is 0 Å². The van der Waals surface area contributed by atoms with Gasteiger partial charge in [0.2, 0.25) is 5.91 Å². The van der Waals surface area contributed by atoms with Crippen molar-refractivity contribution in [2.75, 3.05) is 40.8 Å². The zero-order chi connectivity index (χ0) is 18.7. The third-order valence-corrected chi connectivity index (χ3v) is 5.45. The summed E-state index contributed by atoms with van der Waals surface area (Å²) < 4.78 is 5.25. The van der Waals surface area contributed by atoms with Crippen molar-refractivity contribution in [2.24, 2.45) is 5.92 Å².